The van der Waals surface area contributed by atoms with Gasteiger partial charge in [-0.15, -0.1) is 0 Å². The van der Waals surface area contributed by atoms with Gasteiger partial charge in [0.15, 0.2) is 0 Å². The second kappa shape index (κ2) is 7.31. The topological polar surface area (TPSA) is 64.3 Å². The molecule has 0 bridgehead atoms. The molecule has 0 aliphatic rings. The van der Waals surface area contributed by atoms with E-state index in [2.05, 4.69) is 0 Å². The molecule has 0 saturated carbocycles. The Balaban J connectivity index is 2.96. The summed E-state index contributed by atoms with van der Waals surface area (Å²) < 4.78 is 42.1. The van der Waals surface area contributed by atoms with Gasteiger partial charge in [0, 0.05) is 6.04 Å². The molecule has 1 rings (SSSR count). The van der Waals surface area contributed by atoms with Crippen molar-refractivity contribution in [2.45, 2.75) is 38.9 Å². The molecule has 1 amide bonds. The van der Waals surface area contributed by atoms with Crippen LogP contribution in [0.3, 0.4) is 0 Å². The van der Waals surface area contributed by atoms with Crippen LogP contribution in [0.2, 0.25) is 0 Å². The summed E-state index contributed by atoms with van der Waals surface area (Å²) in [5.41, 5.74) is 6.68. The number of carbonyl (C=O) groups excluding carboxylic acids is 1. The molecule has 3 N–H and O–H groups in total. The number of nitrogens with two attached hydrogens (primary N) is 1. The van der Waals surface area contributed by atoms with Gasteiger partial charge in [0.05, 0.1) is 12.3 Å². The highest BCUT2D eigenvalue weighted by Crippen LogP contribution is 2.28. The van der Waals surface area contributed by atoms with Crippen LogP contribution in [0, 0.1) is 0 Å². The van der Waals surface area contributed by atoms with Gasteiger partial charge in [-0.1, -0.05) is 13.0 Å². The lowest BCUT2D eigenvalue weighted by Crippen LogP contribution is -2.30. The Morgan fingerprint density at radius 3 is 2.57 bits per heavy atom. The van der Waals surface area contributed by atoms with E-state index in [-0.39, 0.29) is 24.1 Å². The Bertz CT molecular complexity index is 490. The van der Waals surface area contributed by atoms with E-state index in [1.807, 2.05) is 12.2 Å². The zero-order valence-electron chi connectivity index (χ0n) is 12.0. The molecular weight excluding hydrogens is 285 g/mol. The van der Waals surface area contributed by atoms with Crippen molar-refractivity contribution < 1.29 is 22.7 Å². The number of benzene rings is 1. The molecule has 118 valence electrons. The van der Waals surface area contributed by atoms with E-state index in [4.69, 9.17) is 10.5 Å². The van der Waals surface area contributed by atoms with E-state index in [0.29, 0.717) is 6.42 Å². The number of rotatable bonds is 6. The number of carbonyl (C=O) groups is 1. The minimum absolute atomic E-state index is 0.00649. The summed E-state index contributed by atoms with van der Waals surface area (Å²) in [7, 11) is 0. The fraction of sp³-hybridized carbons (Fsp3) is 0.500. The van der Waals surface area contributed by atoms with Crippen molar-refractivity contribution in [3.05, 3.63) is 23.8 Å². The number of hydrogen-bond acceptors (Lipinski definition) is 3. The molecule has 7 heteroatoms. The van der Waals surface area contributed by atoms with Gasteiger partial charge < -0.3 is 15.8 Å². The van der Waals surface area contributed by atoms with Crippen molar-refractivity contribution in [1.29, 1.82) is 0 Å². The summed E-state index contributed by atoms with van der Waals surface area (Å²) in [5, 5.41) is 1.81. The quantitative estimate of drug-likeness (QED) is 0.849. The molecule has 0 fully saturated rings. The summed E-state index contributed by atoms with van der Waals surface area (Å²) in [4.78, 5) is 11.0. The number of ether oxygens (including phenoxy) is 1. The monoisotopic (exact) mass is 304 g/mol. The van der Waals surface area contributed by atoms with Crippen molar-refractivity contribution in [3.8, 4) is 5.75 Å². The Morgan fingerprint density at radius 2 is 2.05 bits per heavy atom. The van der Waals surface area contributed by atoms with E-state index >= 15 is 0 Å². The molecule has 21 heavy (non-hydrogen) atoms. The van der Waals surface area contributed by atoms with Crippen LogP contribution >= 0.6 is 0 Å². The molecule has 0 aromatic heterocycles. The molecule has 0 radical (unpaired) electrons. The van der Waals surface area contributed by atoms with Crippen LogP contribution in [0.1, 0.15) is 25.8 Å². The third-order valence-electron chi connectivity index (χ3n) is 2.87. The lowest BCUT2D eigenvalue weighted by Gasteiger charge is -2.15. The average molecular weight is 304 g/mol. The number of nitrogens with one attached hydrogen (secondary N) is 1. The van der Waals surface area contributed by atoms with Gasteiger partial charge in [-0.05, 0) is 37.5 Å². The van der Waals surface area contributed by atoms with Crippen LogP contribution in [0.25, 0.3) is 0 Å². The maximum atomic E-state index is 12.3. The predicted octanol–water partition coefficient (Wildman–Crippen LogP) is 2.87. The third-order valence-corrected chi connectivity index (χ3v) is 2.87. The predicted molar refractivity (Wildman–Crippen MR) is 74.3 cm³/mol. The molecule has 1 unspecified atom stereocenters. The molecule has 0 heterocycles. The highest BCUT2D eigenvalue weighted by molar-refractivity contribution is 5.96. The maximum Gasteiger partial charge on any atom is 0.471 e. The minimum atomic E-state index is -4.94. The molecule has 1 aromatic rings. The molecular formula is C14H19F3N2O2. The van der Waals surface area contributed by atoms with Crippen molar-refractivity contribution in [3.63, 3.8) is 0 Å². The number of amides is 1. The summed E-state index contributed by atoms with van der Waals surface area (Å²) in [6.07, 6.45) is -3.56. The second-order valence-corrected chi connectivity index (χ2v) is 4.59. The smallest absolute Gasteiger partial charge is 0.471 e. The number of halogens is 3. The van der Waals surface area contributed by atoms with Crippen molar-refractivity contribution in [2.24, 2.45) is 5.73 Å². The van der Waals surface area contributed by atoms with Gasteiger partial charge in [0.1, 0.15) is 5.75 Å². The van der Waals surface area contributed by atoms with E-state index < -0.39 is 12.1 Å². The maximum absolute atomic E-state index is 12.3. The van der Waals surface area contributed by atoms with Gasteiger partial charge in [0.2, 0.25) is 0 Å². The van der Waals surface area contributed by atoms with Gasteiger partial charge in [-0.25, -0.2) is 0 Å². The highest BCUT2D eigenvalue weighted by atomic mass is 19.4. The zero-order chi connectivity index (χ0) is 16.0. The van der Waals surface area contributed by atoms with Gasteiger partial charge in [-0.3, -0.25) is 4.79 Å². The molecule has 0 aliphatic carbocycles. The Kier molecular flexibility index (Phi) is 6.02. The molecule has 0 saturated heterocycles. The van der Waals surface area contributed by atoms with E-state index in [1.54, 1.807) is 19.1 Å². The first-order chi connectivity index (χ1) is 9.77. The molecule has 0 aliphatic heterocycles. The number of anilines is 1. The lowest BCUT2D eigenvalue weighted by molar-refractivity contribution is -0.167. The first kappa shape index (κ1) is 17.3. The lowest BCUT2D eigenvalue weighted by atomic mass is 10.0. The van der Waals surface area contributed by atoms with Crippen LogP contribution in [0.4, 0.5) is 18.9 Å². The van der Waals surface area contributed by atoms with E-state index in [0.717, 1.165) is 12.0 Å². The third kappa shape index (κ3) is 5.26. The van der Waals surface area contributed by atoms with Gasteiger partial charge >= 0.3 is 12.1 Å². The zero-order valence-corrected chi connectivity index (χ0v) is 12.0. The largest absolute Gasteiger partial charge is 0.492 e. The number of hydrogen-bond donors (Lipinski definition) is 2. The van der Waals surface area contributed by atoms with Crippen molar-refractivity contribution in [1.82, 2.24) is 0 Å². The Hall–Kier alpha value is -1.76. The summed E-state index contributed by atoms with van der Waals surface area (Å²) >= 11 is 0. The standard InChI is InChI=1S/C14H19F3N2O2/c1-3-10(18)7-9-5-6-11(12(8-9)21-4-2)19-13(20)14(15,16)17/h5-6,8,10H,3-4,7,18H2,1-2H3,(H,19,20). The van der Waals surface area contributed by atoms with Crippen molar-refractivity contribution >= 4 is 11.6 Å². The van der Waals surface area contributed by atoms with Crippen LogP contribution in [0.15, 0.2) is 18.2 Å². The van der Waals surface area contributed by atoms with Gasteiger partial charge in [-0.2, -0.15) is 13.2 Å². The Labute approximate surface area is 121 Å². The molecule has 1 aromatic carbocycles. The van der Waals surface area contributed by atoms with Crippen molar-refractivity contribution in [2.75, 3.05) is 11.9 Å². The summed E-state index contributed by atoms with van der Waals surface area (Å²) in [6.45, 7) is 3.93. The minimum Gasteiger partial charge on any atom is -0.492 e. The van der Waals surface area contributed by atoms with Gasteiger partial charge in [0.25, 0.3) is 0 Å². The van der Waals surface area contributed by atoms with Crippen LogP contribution < -0.4 is 15.8 Å². The van der Waals surface area contributed by atoms with Crippen LogP contribution in [0.5, 0.6) is 5.75 Å². The number of alkyl halides is 3. The fourth-order valence-corrected chi connectivity index (χ4v) is 1.71. The summed E-state index contributed by atoms with van der Waals surface area (Å²) in [6, 6.07) is 4.59. The first-order valence-electron chi connectivity index (χ1n) is 6.67. The molecule has 1 atom stereocenters. The second-order valence-electron chi connectivity index (χ2n) is 4.59. The van der Waals surface area contributed by atoms with E-state index in [1.165, 1.54) is 6.07 Å². The van der Waals surface area contributed by atoms with E-state index in [9.17, 15) is 18.0 Å². The first-order valence-corrected chi connectivity index (χ1v) is 6.67. The SMILES string of the molecule is CCOc1cc(CC(N)CC)ccc1NC(=O)C(F)(F)F. The molecule has 0 spiro atoms. The fourth-order valence-electron chi connectivity index (χ4n) is 1.71. The summed E-state index contributed by atoms with van der Waals surface area (Å²) in [5.74, 6) is -1.82. The normalized spacial score (nSPS) is 12.9. The average Bonchev–Trinajstić information content (AvgIpc) is 2.40. The van der Waals surface area contributed by atoms with Crippen LogP contribution in [-0.4, -0.2) is 24.7 Å². The van der Waals surface area contributed by atoms with Crippen LogP contribution in [-0.2, 0) is 11.2 Å². The highest BCUT2D eigenvalue weighted by Gasteiger charge is 2.39. The Morgan fingerprint density at radius 1 is 1.38 bits per heavy atom. The molecule has 4 nitrogen and oxygen atoms in total.